The molecule has 0 unspecified atom stereocenters. The standard InChI is InChI=1S/C13H22N2/c1-11-7-5-6-8-12(11)13(2,3)9-15-10-14-4/h5-8,14-15H,9-10H2,1-4H3. The van der Waals surface area contributed by atoms with Crippen molar-refractivity contribution in [3.8, 4) is 0 Å². The van der Waals surface area contributed by atoms with Crippen LogP contribution in [0.3, 0.4) is 0 Å². The maximum Gasteiger partial charge on any atom is 0.0452 e. The van der Waals surface area contributed by atoms with Crippen LogP contribution < -0.4 is 10.6 Å². The zero-order chi connectivity index (χ0) is 11.3. The Morgan fingerprint density at radius 2 is 1.87 bits per heavy atom. The Balaban J connectivity index is 2.72. The lowest BCUT2D eigenvalue weighted by Crippen LogP contribution is -2.37. The van der Waals surface area contributed by atoms with Gasteiger partial charge in [0.15, 0.2) is 0 Å². The van der Waals surface area contributed by atoms with E-state index in [4.69, 9.17) is 0 Å². The van der Waals surface area contributed by atoms with Gasteiger partial charge in [0.1, 0.15) is 0 Å². The Hall–Kier alpha value is -0.860. The second kappa shape index (κ2) is 5.29. The van der Waals surface area contributed by atoms with Gasteiger partial charge >= 0.3 is 0 Å². The monoisotopic (exact) mass is 206 g/mol. The summed E-state index contributed by atoms with van der Waals surface area (Å²) in [6, 6.07) is 8.60. The summed E-state index contributed by atoms with van der Waals surface area (Å²) in [6.45, 7) is 8.57. The Morgan fingerprint density at radius 1 is 1.20 bits per heavy atom. The zero-order valence-corrected chi connectivity index (χ0v) is 10.2. The van der Waals surface area contributed by atoms with Gasteiger partial charge in [-0.25, -0.2) is 0 Å². The molecule has 0 radical (unpaired) electrons. The molecular formula is C13H22N2. The summed E-state index contributed by atoms with van der Waals surface area (Å²) in [5.74, 6) is 0. The van der Waals surface area contributed by atoms with E-state index in [1.807, 2.05) is 7.05 Å². The number of aryl methyl sites for hydroxylation is 1. The van der Waals surface area contributed by atoms with Gasteiger partial charge in [0.2, 0.25) is 0 Å². The molecule has 0 fully saturated rings. The van der Waals surface area contributed by atoms with Crippen molar-refractivity contribution >= 4 is 0 Å². The summed E-state index contributed by atoms with van der Waals surface area (Å²) in [5, 5.41) is 6.49. The van der Waals surface area contributed by atoms with E-state index in [0.29, 0.717) is 0 Å². The lowest BCUT2D eigenvalue weighted by molar-refractivity contribution is 0.459. The van der Waals surface area contributed by atoms with Crippen molar-refractivity contribution in [3.05, 3.63) is 35.4 Å². The Labute approximate surface area is 93.1 Å². The van der Waals surface area contributed by atoms with Gasteiger partial charge in [-0.2, -0.15) is 0 Å². The molecule has 84 valence electrons. The number of benzene rings is 1. The van der Waals surface area contributed by atoms with E-state index in [-0.39, 0.29) is 5.41 Å². The molecule has 2 N–H and O–H groups in total. The predicted octanol–water partition coefficient (Wildman–Crippen LogP) is 2.04. The smallest absolute Gasteiger partial charge is 0.0452 e. The first-order chi connectivity index (χ1) is 7.08. The SMILES string of the molecule is CNCNCC(C)(C)c1ccccc1C. The second-order valence-corrected chi connectivity index (χ2v) is 4.66. The molecule has 2 nitrogen and oxygen atoms in total. The minimum absolute atomic E-state index is 0.183. The number of rotatable bonds is 5. The first-order valence-corrected chi connectivity index (χ1v) is 5.49. The van der Waals surface area contributed by atoms with E-state index in [0.717, 1.165) is 13.2 Å². The third kappa shape index (κ3) is 3.33. The summed E-state index contributed by atoms with van der Waals surface area (Å²) in [7, 11) is 1.95. The molecule has 0 aliphatic carbocycles. The minimum atomic E-state index is 0.183. The van der Waals surface area contributed by atoms with Gasteiger partial charge in [0.05, 0.1) is 0 Å². The normalized spacial score (nSPS) is 11.7. The van der Waals surface area contributed by atoms with Crippen LogP contribution in [0.15, 0.2) is 24.3 Å². The molecule has 0 amide bonds. The molecule has 0 aromatic heterocycles. The fourth-order valence-corrected chi connectivity index (χ4v) is 1.93. The fraction of sp³-hybridized carbons (Fsp3) is 0.538. The quantitative estimate of drug-likeness (QED) is 0.569. The molecule has 0 heterocycles. The topological polar surface area (TPSA) is 24.1 Å². The maximum atomic E-state index is 3.39. The molecule has 0 aliphatic heterocycles. The molecule has 0 spiro atoms. The molecule has 0 aliphatic rings. The first-order valence-electron chi connectivity index (χ1n) is 5.49. The van der Waals surface area contributed by atoms with Crippen molar-refractivity contribution in [2.24, 2.45) is 0 Å². The van der Waals surface area contributed by atoms with E-state index >= 15 is 0 Å². The highest BCUT2D eigenvalue weighted by molar-refractivity contribution is 5.32. The highest BCUT2D eigenvalue weighted by Gasteiger charge is 2.21. The maximum absolute atomic E-state index is 3.39. The summed E-state index contributed by atoms with van der Waals surface area (Å²) in [4.78, 5) is 0. The average Bonchev–Trinajstić information content (AvgIpc) is 2.18. The third-order valence-corrected chi connectivity index (χ3v) is 2.74. The molecule has 1 aromatic rings. The summed E-state index contributed by atoms with van der Waals surface area (Å²) in [6.07, 6.45) is 0. The van der Waals surface area contributed by atoms with Gasteiger partial charge in [-0.05, 0) is 25.1 Å². The first kappa shape index (κ1) is 12.2. The van der Waals surface area contributed by atoms with Crippen molar-refractivity contribution in [2.45, 2.75) is 26.2 Å². The summed E-state index contributed by atoms with van der Waals surface area (Å²) in [5.41, 5.74) is 2.98. The second-order valence-electron chi connectivity index (χ2n) is 4.66. The van der Waals surface area contributed by atoms with E-state index in [1.54, 1.807) is 0 Å². The van der Waals surface area contributed by atoms with Crippen LogP contribution in [0.5, 0.6) is 0 Å². The molecule has 1 aromatic carbocycles. The third-order valence-electron chi connectivity index (χ3n) is 2.74. The predicted molar refractivity (Wildman–Crippen MR) is 66.1 cm³/mol. The van der Waals surface area contributed by atoms with Gasteiger partial charge in [-0.15, -0.1) is 0 Å². The van der Waals surface area contributed by atoms with Crippen LogP contribution in [0.1, 0.15) is 25.0 Å². The van der Waals surface area contributed by atoms with Crippen LogP contribution in [0.25, 0.3) is 0 Å². The van der Waals surface area contributed by atoms with E-state index in [1.165, 1.54) is 11.1 Å². The average molecular weight is 206 g/mol. The molecule has 15 heavy (non-hydrogen) atoms. The number of hydrogen-bond donors (Lipinski definition) is 2. The highest BCUT2D eigenvalue weighted by atomic mass is 15.0. The Morgan fingerprint density at radius 3 is 2.47 bits per heavy atom. The van der Waals surface area contributed by atoms with Crippen molar-refractivity contribution in [1.29, 1.82) is 0 Å². The van der Waals surface area contributed by atoms with Crippen LogP contribution in [-0.4, -0.2) is 20.3 Å². The van der Waals surface area contributed by atoms with E-state index < -0.39 is 0 Å². The largest absolute Gasteiger partial charge is 0.308 e. The number of hydrogen-bond acceptors (Lipinski definition) is 2. The van der Waals surface area contributed by atoms with Crippen LogP contribution in [0, 0.1) is 6.92 Å². The Bertz CT molecular complexity index is 305. The van der Waals surface area contributed by atoms with Crippen LogP contribution in [0.4, 0.5) is 0 Å². The molecular weight excluding hydrogens is 184 g/mol. The number of nitrogens with one attached hydrogen (secondary N) is 2. The summed E-state index contributed by atoms with van der Waals surface area (Å²) < 4.78 is 0. The Kier molecular flexibility index (Phi) is 4.30. The van der Waals surface area contributed by atoms with Gasteiger partial charge in [-0.1, -0.05) is 38.1 Å². The van der Waals surface area contributed by atoms with Crippen molar-refractivity contribution in [1.82, 2.24) is 10.6 Å². The van der Waals surface area contributed by atoms with E-state index in [2.05, 4.69) is 55.7 Å². The van der Waals surface area contributed by atoms with Crippen LogP contribution in [0.2, 0.25) is 0 Å². The highest BCUT2D eigenvalue weighted by Crippen LogP contribution is 2.25. The molecule has 0 bridgehead atoms. The van der Waals surface area contributed by atoms with Crippen LogP contribution in [-0.2, 0) is 5.41 Å². The van der Waals surface area contributed by atoms with Gasteiger partial charge in [-0.3, -0.25) is 0 Å². The van der Waals surface area contributed by atoms with Crippen LogP contribution >= 0.6 is 0 Å². The van der Waals surface area contributed by atoms with Gasteiger partial charge < -0.3 is 10.6 Å². The van der Waals surface area contributed by atoms with E-state index in [9.17, 15) is 0 Å². The van der Waals surface area contributed by atoms with Crippen molar-refractivity contribution in [2.75, 3.05) is 20.3 Å². The zero-order valence-electron chi connectivity index (χ0n) is 10.2. The minimum Gasteiger partial charge on any atom is -0.308 e. The lowest BCUT2D eigenvalue weighted by atomic mass is 9.82. The molecule has 0 saturated carbocycles. The van der Waals surface area contributed by atoms with Gasteiger partial charge in [0, 0.05) is 18.6 Å². The molecule has 0 atom stereocenters. The lowest BCUT2D eigenvalue weighted by Gasteiger charge is -2.27. The molecule has 0 saturated heterocycles. The molecule has 1 rings (SSSR count). The summed E-state index contributed by atoms with van der Waals surface area (Å²) >= 11 is 0. The van der Waals surface area contributed by atoms with Crippen molar-refractivity contribution < 1.29 is 0 Å². The molecule has 2 heteroatoms. The fourth-order valence-electron chi connectivity index (χ4n) is 1.93. The van der Waals surface area contributed by atoms with Gasteiger partial charge in [0.25, 0.3) is 0 Å². The van der Waals surface area contributed by atoms with Crippen molar-refractivity contribution in [3.63, 3.8) is 0 Å².